The Morgan fingerprint density at radius 1 is 1.19 bits per heavy atom. The molecule has 142 valence electrons. The number of thioether (sulfide) groups is 1. The van der Waals surface area contributed by atoms with E-state index in [1.807, 2.05) is 36.0 Å². The Kier molecular flexibility index (Phi) is 6.93. The smallest absolute Gasteiger partial charge is 0.227 e. The standard InChI is InChI=1S/C22H26N2O2S/c1-16-6-8-17(9-7-16)15-27-13-12-23-21(25)11-10-19-14-18-4-2-3-5-20(18)24-22(19)26/h2-9,19H,10-15H2,1H3,(H,23,25)(H,24,26). The molecule has 0 aliphatic carbocycles. The molecule has 2 aromatic carbocycles. The summed E-state index contributed by atoms with van der Waals surface area (Å²) in [5.74, 6) is 1.77. The van der Waals surface area contributed by atoms with Gasteiger partial charge in [0.2, 0.25) is 11.8 Å². The van der Waals surface area contributed by atoms with Gasteiger partial charge < -0.3 is 10.6 Å². The van der Waals surface area contributed by atoms with Gasteiger partial charge in [-0.05, 0) is 37.0 Å². The lowest BCUT2D eigenvalue weighted by atomic mass is 9.89. The van der Waals surface area contributed by atoms with Gasteiger partial charge in [-0.25, -0.2) is 0 Å². The Morgan fingerprint density at radius 3 is 2.78 bits per heavy atom. The highest BCUT2D eigenvalue weighted by Crippen LogP contribution is 2.27. The van der Waals surface area contributed by atoms with Crippen molar-refractivity contribution in [3.05, 3.63) is 65.2 Å². The first-order valence-corrected chi connectivity index (χ1v) is 10.6. The highest BCUT2D eigenvalue weighted by atomic mass is 32.2. The van der Waals surface area contributed by atoms with Crippen molar-refractivity contribution in [1.82, 2.24) is 5.32 Å². The predicted molar refractivity (Wildman–Crippen MR) is 112 cm³/mol. The van der Waals surface area contributed by atoms with Crippen molar-refractivity contribution in [2.24, 2.45) is 5.92 Å². The molecule has 0 aromatic heterocycles. The number of rotatable bonds is 8. The summed E-state index contributed by atoms with van der Waals surface area (Å²) in [5, 5.41) is 5.90. The Bertz CT molecular complexity index is 789. The average molecular weight is 383 g/mol. The second kappa shape index (κ2) is 9.60. The van der Waals surface area contributed by atoms with Crippen molar-refractivity contribution in [3.8, 4) is 0 Å². The minimum absolute atomic E-state index is 0.0233. The van der Waals surface area contributed by atoms with Gasteiger partial charge in [0, 0.05) is 36.1 Å². The predicted octanol–water partition coefficient (Wildman–Crippen LogP) is 3.94. The van der Waals surface area contributed by atoms with E-state index in [0.29, 0.717) is 25.8 Å². The summed E-state index contributed by atoms with van der Waals surface area (Å²) in [6.45, 7) is 2.75. The van der Waals surface area contributed by atoms with Crippen molar-refractivity contribution in [3.63, 3.8) is 0 Å². The molecule has 4 nitrogen and oxygen atoms in total. The maximum Gasteiger partial charge on any atom is 0.227 e. The number of hydrogen-bond acceptors (Lipinski definition) is 3. The number of carbonyl (C=O) groups is 2. The number of fused-ring (bicyclic) bond motifs is 1. The SMILES string of the molecule is Cc1ccc(CSCCNC(=O)CCC2Cc3ccccc3NC2=O)cc1. The Labute approximate surface area is 165 Å². The Hall–Kier alpha value is -2.27. The lowest BCUT2D eigenvalue weighted by Crippen LogP contribution is -2.32. The highest BCUT2D eigenvalue weighted by Gasteiger charge is 2.26. The fourth-order valence-corrected chi connectivity index (χ4v) is 4.00. The van der Waals surface area contributed by atoms with Crippen LogP contribution < -0.4 is 10.6 Å². The first-order valence-electron chi connectivity index (χ1n) is 9.40. The van der Waals surface area contributed by atoms with E-state index in [-0.39, 0.29) is 17.7 Å². The van der Waals surface area contributed by atoms with Gasteiger partial charge in [-0.1, -0.05) is 48.0 Å². The molecule has 0 fully saturated rings. The molecule has 2 amide bonds. The molecule has 3 rings (SSSR count). The monoisotopic (exact) mass is 382 g/mol. The molecule has 2 N–H and O–H groups in total. The van der Waals surface area contributed by atoms with Crippen LogP contribution in [0.3, 0.4) is 0 Å². The number of carbonyl (C=O) groups excluding carboxylic acids is 2. The van der Waals surface area contributed by atoms with Gasteiger partial charge in [-0.15, -0.1) is 0 Å². The lowest BCUT2D eigenvalue weighted by Gasteiger charge is -2.24. The van der Waals surface area contributed by atoms with Gasteiger partial charge in [0.05, 0.1) is 0 Å². The summed E-state index contributed by atoms with van der Waals surface area (Å²) in [7, 11) is 0. The van der Waals surface area contributed by atoms with E-state index < -0.39 is 0 Å². The van der Waals surface area contributed by atoms with Crippen LogP contribution in [0.1, 0.15) is 29.5 Å². The molecule has 0 saturated carbocycles. The number of hydrogen-bond donors (Lipinski definition) is 2. The first kappa shape index (κ1) is 19.5. The molecular weight excluding hydrogens is 356 g/mol. The summed E-state index contributed by atoms with van der Waals surface area (Å²) in [4.78, 5) is 24.2. The molecule has 0 radical (unpaired) electrons. The zero-order valence-electron chi connectivity index (χ0n) is 15.7. The van der Waals surface area contributed by atoms with Crippen LogP contribution in [-0.4, -0.2) is 24.1 Å². The topological polar surface area (TPSA) is 58.2 Å². The fraction of sp³-hybridized carbons (Fsp3) is 0.364. The lowest BCUT2D eigenvalue weighted by molar-refractivity contribution is -0.122. The molecule has 0 spiro atoms. The zero-order valence-corrected chi connectivity index (χ0v) is 16.5. The van der Waals surface area contributed by atoms with Gasteiger partial charge in [-0.3, -0.25) is 9.59 Å². The van der Waals surface area contributed by atoms with Crippen LogP contribution in [0.5, 0.6) is 0 Å². The van der Waals surface area contributed by atoms with Crippen molar-refractivity contribution < 1.29 is 9.59 Å². The largest absolute Gasteiger partial charge is 0.355 e. The summed E-state index contributed by atoms with van der Waals surface area (Å²) in [6, 6.07) is 16.4. The molecule has 0 bridgehead atoms. The Morgan fingerprint density at radius 2 is 1.96 bits per heavy atom. The molecule has 0 saturated heterocycles. The van der Waals surface area contributed by atoms with Gasteiger partial charge in [0.25, 0.3) is 0 Å². The Balaban J connectivity index is 1.32. The van der Waals surface area contributed by atoms with Gasteiger partial charge >= 0.3 is 0 Å². The maximum atomic E-state index is 12.2. The van der Waals surface area contributed by atoms with Crippen molar-refractivity contribution in [2.45, 2.75) is 31.9 Å². The third kappa shape index (κ3) is 5.86. The quantitative estimate of drug-likeness (QED) is 0.680. The number of aryl methyl sites for hydroxylation is 1. The van der Waals surface area contributed by atoms with E-state index in [0.717, 1.165) is 22.8 Å². The van der Waals surface area contributed by atoms with Crippen LogP contribution in [0.4, 0.5) is 5.69 Å². The number of para-hydroxylation sites is 1. The molecule has 1 aliphatic rings. The molecular formula is C22H26N2O2S. The van der Waals surface area contributed by atoms with Crippen LogP contribution in [0.15, 0.2) is 48.5 Å². The van der Waals surface area contributed by atoms with E-state index >= 15 is 0 Å². The van der Waals surface area contributed by atoms with Crippen LogP contribution in [0, 0.1) is 12.8 Å². The molecule has 1 aliphatic heterocycles. The summed E-state index contributed by atoms with van der Waals surface area (Å²) < 4.78 is 0. The number of amides is 2. The van der Waals surface area contributed by atoms with Crippen LogP contribution in [-0.2, 0) is 21.8 Å². The minimum atomic E-state index is -0.124. The number of benzene rings is 2. The van der Waals surface area contributed by atoms with Crippen LogP contribution in [0.25, 0.3) is 0 Å². The van der Waals surface area contributed by atoms with Gasteiger partial charge in [0.1, 0.15) is 0 Å². The van der Waals surface area contributed by atoms with E-state index in [4.69, 9.17) is 0 Å². The fourth-order valence-electron chi connectivity index (χ4n) is 3.18. The number of nitrogens with one attached hydrogen (secondary N) is 2. The third-order valence-corrected chi connectivity index (χ3v) is 5.82. The normalized spacial score (nSPS) is 15.7. The molecule has 1 unspecified atom stereocenters. The van der Waals surface area contributed by atoms with Gasteiger partial charge in [0.15, 0.2) is 0 Å². The van der Waals surface area contributed by atoms with Crippen LogP contribution in [0.2, 0.25) is 0 Å². The second-order valence-corrected chi connectivity index (χ2v) is 8.08. The maximum absolute atomic E-state index is 12.2. The summed E-state index contributed by atoms with van der Waals surface area (Å²) >= 11 is 1.81. The third-order valence-electron chi connectivity index (χ3n) is 4.79. The van der Waals surface area contributed by atoms with Crippen molar-refractivity contribution in [2.75, 3.05) is 17.6 Å². The van der Waals surface area contributed by atoms with Crippen LogP contribution >= 0.6 is 11.8 Å². The van der Waals surface area contributed by atoms with Gasteiger partial charge in [-0.2, -0.15) is 11.8 Å². The summed E-state index contributed by atoms with van der Waals surface area (Å²) in [5.41, 5.74) is 4.62. The van der Waals surface area contributed by atoms with E-state index in [1.54, 1.807) is 0 Å². The van der Waals surface area contributed by atoms with E-state index in [1.165, 1.54) is 11.1 Å². The molecule has 1 atom stereocenters. The molecule has 27 heavy (non-hydrogen) atoms. The van der Waals surface area contributed by atoms with E-state index in [2.05, 4.69) is 41.8 Å². The average Bonchev–Trinajstić information content (AvgIpc) is 2.67. The highest BCUT2D eigenvalue weighted by molar-refractivity contribution is 7.98. The molecule has 2 aromatic rings. The summed E-state index contributed by atoms with van der Waals surface area (Å²) in [6.07, 6.45) is 1.69. The first-order chi connectivity index (χ1) is 13.1. The molecule has 1 heterocycles. The van der Waals surface area contributed by atoms with Crippen molar-refractivity contribution >= 4 is 29.3 Å². The van der Waals surface area contributed by atoms with E-state index in [9.17, 15) is 9.59 Å². The zero-order chi connectivity index (χ0) is 19.1. The number of anilines is 1. The minimum Gasteiger partial charge on any atom is -0.355 e. The molecule has 5 heteroatoms. The van der Waals surface area contributed by atoms with Crippen molar-refractivity contribution in [1.29, 1.82) is 0 Å². The second-order valence-electron chi connectivity index (χ2n) is 6.97.